The average molecular weight is 286 g/mol. The zero-order chi connectivity index (χ0) is 12.1. The second-order valence-corrected chi connectivity index (χ2v) is 4.82. The molecule has 88 valence electrons. The summed E-state index contributed by atoms with van der Waals surface area (Å²) >= 11 is 3.23. The zero-order valence-corrected chi connectivity index (χ0v) is 11.3. The molecule has 1 N–H and O–H groups in total. The largest absolute Gasteiger partial charge is 0.348 e. The third-order valence-electron chi connectivity index (χ3n) is 2.01. The van der Waals surface area contributed by atoms with Gasteiger partial charge in [0.15, 0.2) is 0 Å². The van der Waals surface area contributed by atoms with Gasteiger partial charge in [-0.15, -0.1) is 0 Å². The van der Waals surface area contributed by atoms with E-state index >= 15 is 0 Å². The van der Waals surface area contributed by atoms with Crippen molar-refractivity contribution >= 4 is 21.8 Å². The van der Waals surface area contributed by atoms with Crippen LogP contribution in [0.15, 0.2) is 22.9 Å². The molecule has 0 bridgehead atoms. The van der Waals surface area contributed by atoms with Crippen molar-refractivity contribution in [3.8, 4) is 0 Å². The summed E-state index contributed by atoms with van der Waals surface area (Å²) < 4.78 is 0.727. The van der Waals surface area contributed by atoms with Gasteiger partial charge in [-0.1, -0.05) is 0 Å². The highest BCUT2D eigenvalue weighted by Crippen LogP contribution is 2.06. The normalized spacial score (nSPS) is 12.6. The first kappa shape index (κ1) is 13.1. The van der Waals surface area contributed by atoms with Gasteiger partial charge in [0.25, 0.3) is 5.91 Å². The van der Waals surface area contributed by atoms with E-state index in [1.807, 2.05) is 25.9 Å². The lowest BCUT2D eigenvalue weighted by atomic mass is 10.2. The van der Waals surface area contributed by atoms with Crippen molar-refractivity contribution < 1.29 is 4.79 Å². The fraction of sp³-hybridized carbons (Fsp3) is 0.455. The number of carbonyl (C=O) groups excluding carboxylic acids is 1. The molecule has 0 radical (unpaired) electrons. The summed E-state index contributed by atoms with van der Waals surface area (Å²) in [5.74, 6) is -0.0886. The molecule has 1 aromatic heterocycles. The van der Waals surface area contributed by atoms with Gasteiger partial charge in [-0.05, 0) is 49.1 Å². The van der Waals surface area contributed by atoms with Crippen molar-refractivity contribution in [2.24, 2.45) is 0 Å². The monoisotopic (exact) mass is 285 g/mol. The van der Waals surface area contributed by atoms with Gasteiger partial charge < -0.3 is 10.2 Å². The summed E-state index contributed by atoms with van der Waals surface area (Å²) in [6, 6.07) is 3.62. The number of hydrogen-bond donors (Lipinski definition) is 1. The lowest BCUT2D eigenvalue weighted by Gasteiger charge is -2.18. The number of pyridine rings is 1. The van der Waals surface area contributed by atoms with Crippen LogP contribution in [0.1, 0.15) is 17.3 Å². The molecule has 1 aromatic rings. The highest BCUT2D eigenvalue weighted by Gasteiger charge is 2.10. The molecule has 1 atom stereocenters. The van der Waals surface area contributed by atoms with Crippen LogP contribution in [0.5, 0.6) is 0 Å². The summed E-state index contributed by atoms with van der Waals surface area (Å²) in [5, 5.41) is 2.91. The Kier molecular flexibility index (Phi) is 4.89. The Morgan fingerprint density at radius 2 is 2.25 bits per heavy atom. The van der Waals surface area contributed by atoms with Gasteiger partial charge in [0.1, 0.15) is 4.60 Å². The quantitative estimate of drug-likeness (QED) is 0.854. The Balaban J connectivity index is 2.55. The van der Waals surface area contributed by atoms with Crippen molar-refractivity contribution in [1.82, 2.24) is 15.2 Å². The van der Waals surface area contributed by atoms with E-state index in [2.05, 4.69) is 26.2 Å². The number of halogens is 1. The van der Waals surface area contributed by atoms with E-state index in [0.29, 0.717) is 5.56 Å². The molecule has 0 aromatic carbocycles. The molecule has 0 saturated heterocycles. The van der Waals surface area contributed by atoms with Gasteiger partial charge in [0.2, 0.25) is 0 Å². The van der Waals surface area contributed by atoms with Gasteiger partial charge in [0.05, 0.1) is 5.56 Å². The second-order valence-electron chi connectivity index (χ2n) is 4.01. The minimum atomic E-state index is -0.0886. The van der Waals surface area contributed by atoms with E-state index in [1.54, 1.807) is 18.3 Å². The molecule has 1 heterocycles. The van der Waals surface area contributed by atoms with Crippen molar-refractivity contribution in [2.45, 2.75) is 13.0 Å². The first-order valence-electron chi connectivity index (χ1n) is 5.06. The highest BCUT2D eigenvalue weighted by molar-refractivity contribution is 9.10. The SMILES string of the molecule is CC(CN(C)C)NC(=O)c1ccc(Br)nc1. The topological polar surface area (TPSA) is 45.2 Å². The van der Waals surface area contributed by atoms with Crippen LogP contribution in [0.4, 0.5) is 0 Å². The number of likely N-dealkylation sites (N-methyl/N-ethyl adjacent to an activating group) is 1. The predicted octanol–water partition coefficient (Wildman–Crippen LogP) is 1.52. The Morgan fingerprint density at radius 3 is 2.75 bits per heavy atom. The van der Waals surface area contributed by atoms with Crippen LogP contribution in [-0.2, 0) is 0 Å². The summed E-state index contributed by atoms with van der Waals surface area (Å²) in [7, 11) is 3.95. The average Bonchev–Trinajstić information content (AvgIpc) is 2.16. The van der Waals surface area contributed by atoms with E-state index in [9.17, 15) is 4.79 Å². The highest BCUT2D eigenvalue weighted by atomic mass is 79.9. The van der Waals surface area contributed by atoms with E-state index in [1.165, 1.54) is 0 Å². The van der Waals surface area contributed by atoms with Gasteiger partial charge >= 0.3 is 0 Å². The molecule has 0 saturated carbocycles. The van der Waals surface area contributed by atoms with Crippen LogP contribution in [0, 0.1) is 0 Å². The summed E-state index contributed by atoms with van der Waals surface area (Å²) in [6.07, 6.45) is 1.56. The first-order valence-corrected chi connectivity index (χ1v) is 5.85. The van der Waals surface area contributed by atoms with E-state index < -0.39 is 0 Å². The predicted molar refractivity (Wildman–Crippen MR) is 67.4 cm³/mol. The van der Waals surface area contributed by atoms with Crippen molar-refractivity contribution in [2.75, 3.05) is 20.6 Å². The second kappa shape index (κ2) is 5.96. The Bertz CT molecular complexity index is 351. The van der Waals surface area contributed by atoms with Crippen molar-refractivity contribution in [1.29, 1.82) is 0 Å². The standard InChI is InChI=1S/C11H16BrN3O/c1-8(7-15(2)3)14-11(16)9-4-5-10(12)13-6-9/h4-6,8H,7H2,1-3H3,(H,14,16). The Labute approximate surface area is 104 Å². The molecule has 1 rings (SSSR count). The number of nitrogens with zero attached hydrogens (tertiary/aromatic N) is 2. The van der Waals surface area contributed by atoms with E-state index in [-0.39, 0.29) is 11.9 Å². The van der Waals surface area contributed by atoms with E-state index in [0.717, 1.165) is 11.1 Å². The maximum atomic E-state index is 11.8. The zero-order valence-electron chi connectivity index (χ0n) is 9.70. The van der Waals surface area contributed by atoms with Crippen LogP contribution in [0.25, 0.3) is 0 Å². The molecule has 0 spiro atoms. The van der Waals surface area contributed by atoms with Gasteiger partial charge in [-0.3, -0.25) is 4.79 Å². The van der Waals surface area contributed by atoms with Crippen molar-refractivity contribution in [3.05, 3.63) is 28.5 Å². The number of rotatable bonds is 4. The molecule has 4 nitrogen and oxygen atoms in total. The summed E-state index contributed by atoms with van der Waals surface area (Å²) in [4.78, 5) is 17.8. The van der Waals surface area contributed by atoms with Crippen LogP contribution in [0.3, 0.4) is 0 Å². The number of hydrogen-bond acceptors (Lipinski definition) is 3. The molecule has 0 aliphatic heterocycles. The minimum Gasteiger partial charge on any atom is -0.348 e. The van der Waals surface area contributed by atoms with Gasteiger partial charge in [-0.25, -0.2) is 4.98 Å². The molecule has 1 amide bonds. The Hall–Kier alpha value is -0.940. The molecule has 0 fully saturated rings. The van der Waals surface area contributed by atoms with Gasteiger partial charge in [0, 0.05) is 18.8 Å². The molecule has 1 unspecified atom stereocenters. The fourth-order valence-electron chi connectivity index (χ4n) is 1.41. The lowest BCUT2D eigenvalue weighted by Crippen LogP contribution is -2.39. The number of nitrogens with one attached hydrogen (secondary N) is 1. The fourth-order valence-corrected chi connectivity index (χ4v) is 1.65. The molecular formula is C11H16BrN3O. The molecule has 0 aliphatic carbocycles. The summed E-state index contributed by atoms with van der Waals surface area (Å²) in [5.41, 5.74) is 0.578. The number of amides is 1. The smallest absolute Gasteiger partial charge is 0.253 e. The first-order chi connectivity index (χ1) is 7.49. The summed E-state index contributed by atoms with van der Waals surface area (Å²) in [6.45, 7) is 2.79. The van der Waals surface area contributed by atoms with Crippen LogP contribution in [0.2, 0.25) is 0 Å². The van der Waals surface area contributed by atoms with E-state index in [4.69, 9.17) is 0 Å². The third kappa shape index (κ3) is 4.28. The third-order valence-corrected chi connectivity index (χ3v) is 2.48. The maximum absolute atomic E-state index is 11.8. The van der Waals surface area contributed by atoms with Gasteiger partial charge in [-0.2, -0.15) is 0 Å². The number of aromatic nitrogens is 1. The van der Waals surface area contributed by atoms with Crippen LogP contribution in [-0.4, -0.2) is 42.5 Å². The minimum absolute atomic E-state index is 0.0886. The van der Waals surface area contributed by atoms with Crippen molar-refractivity contribution in [3.63, 3.8) is 0 Å². The maximum Gasteiger partial charge on any atom is 0.253 e. The molecule has 0 aliphatic rings. The lowest BCUT2D eigenvalue weighted by molar-refractivity contribution is 0.0934. The van der Waals surface area contributed by atoms with Crippen LogP contribution < -0.4 is 5.32 Å². The Morgan fingerprint density at radius 1 is 1.56 bits per heavy atom. The molecule has 16 heavy (non-hydrogen) atoms. The number of carbonyl (C=O) groups is 1. The molecular weight excluding hydrogens is 270 g/mol. The molecule has 5 heteroatoms. The van der Waals surface area contributed by atoms with Crippen LogP contribution >= 0.6 is 15.9 Å².